The van der Waals surface area contributed by atoms with Gasteiger partial charge in [0.25, 0.3) is 5.91 Å². The topological polar surface area (TPSA) is 84.5 Å². The first-order valence-electron chi connectivity index (χ1n) is 7.34. The van der Waals surface area contributed by atoms with Gasteiger partial charge < -0.3 is 10.1 Å². The third kappa shape index (κ3) is 4.88. The molecule has 1 heterocycles. The summed E-state index contributed by atoms with van der Waals surface area (Å²) in [6.07, 6.45) is 0. The van der Waals surface area contributed by atoms with E-state index in [0.29, 0.717) is 18.7 Å². The van der Waals surface area contributed by atoms with E-state index in [0.717, 1.165) is 10.4 Å². The Balaban J connectivity index is 1.98. The number of hydrogen-bond acceptors (Lipinski definition) is 5. The minimum Gasteiger partial charge on any atom is -0.383 e. The number of thiophene rings is 1. The molecule has 0 atom stereocenters. The number of rotatable bonds is 8. The van der Waals surface area contributed by atoms with Crippen LogP contribution in [-0.2, 0) is 21.3 Å². The Kier molecular flexibility index (Phi) is 6.50. The van der Waals surface area contributed by atoms with E-state index < -0.39 is 10.0 Å². The molecule has 24 heavy (non-hydrogen) atoms. The summed E-state index contributed by atoms with van der Waals surface area (Å²) in [4.78, 5) is 13.4. The number of sulfonamides is 1. The molecule has 0 fully saturated rings. The van der Waals surface area contributed by atoms with E-state index in [9.17, 15) is 13.2 Å². The van der Waals surface area contributed by atoms with Crippen molar-refractivity contribution in [3.8, 4) is 0 Å². The fourth-order valence-electron chi connectivity index (χ4n) is 1.99. The van der Waals surface area contributed by atoms with Gasteiger partial charge in [-0.3, -0.25) is 4.79 Å². The van der Waals surface area contributed by atoms with Crippen molar-refractivity contribution in [3.63, 3.8) is 0 Å². The minimum absolute atomic E-state index is 0.115. The van der Waals surface area contributed by atoms with Crippen molar-refractivity contribution in [1.82, 2.24) is 10.0 Å². The lowest BCUT2D eigenvalue weighted by molar-refractivity contribution is 0.0951. The number of benzene rings is 1. The molecule has 2 aromatic rings. The van der Waals surface area contributed by atoms with E-state index in [4.69, 9.17) is 4.74 Å². The zero-order chi connectivity index (χ0) is 17.6. The summed E-state index contributed by atoms with van der Waals surface area (Å²) < 4.78 is 31.3. The zero-order valence-corrected chi connectivity index (χ0v) is 15.2. The van der Waals surface area contributed by atoms with Gasteiger partial charge in [-0.1, -0.05) is 0 Å². The van der Waals surface area contributed by atoms with E-state index in [1.54, 1.807) is 11.3 Å². The number of ether oxygens (including phenoxy) is 1. The number of methoxy groups -OCH3 is 1. The summed E-state index contributed by atoms with van der Waals surface area (Å²) in [5, 5.41) is 4.81. The standard InChI is InChI=1S/C16H20N2O4S2/c1-12-7-10-23-15(12)11-17-16(19)13-3-5-14(6-4-13)24(20,21)18-8-9-22-2/h3-7,10,18H,8-9,11H2,1-2H3,(H,17,19). The molecule has 0 unspecified atom stereocenters. The van der Waals surface area contributed by atoms with Gasteiger partial charge >= 0.3 is 0 Å². The Labute approximate surface area is 145 Å². The Morgan fingerprint density at radius 3 is 2.50 bits per heavy atom. The van der Waals surface area contributed by atoms with Gasteiger partial charge in [-0.2, -0.15) is 0 Å². The Morgan fingerprint density at radius 1 is 1.21 bits per heavy atom. The number of carbonyl (C=O) groups excluding carboxylic acids is 1. The summed E-state index contributed by atoms with van der Waals surface area (Å²) in [5.41, 5.74) is 1.56. The first kappa shape index (κ1) is 18.6. The molecule has 0 saturated carbocycles. The molecule has 0 aliphatic heterocycles. The van der Waals surface area contributed by atoms with Crippen LogP contribution in [-0.4, -0.2) is 34.6 Å². The van der Waals surface area contributed by atoms with Crippen LogP contribution in [0.25, 0.3) is 0 Å². The highest BCUT2D eigenvalue weighted by molar-refractivity contribution is 7.89. The van der Waals surface area contributed by atoms with E-state index in [1.807, 2.05) is 18.4 Å². The van der Waals surface area contributed by atoms with Crippen LogP contribution in [0.4, 0.5) is 0 Å². The molecule has 2 rings (SSSR count). The molecule has 0 aliphatic carbocycles. The van der Waals surface area contributed by atoms with Crippen molar-refractivity contribution >= 4 is 27.3 Å². The first-order valence-corrected chi connectivity index (χ1v) is 9.70. The number of amides is 1. The maximum atomic E-state index is 12.1. The fourth-order valence-corrected chi connectivity index (χ4v) is 3.85. The summed E-state index contributed by atoms with van der Waals surface area (Å²) in [5.74, 6) is -0.237. The number of hydrogen-bond donors (Lipinski definition) is 2. The molecule has 1 aromatic heterocycles. The molecule has 0 radical (unpaired) electrons. The van der Waals surface area contributed by atoms with Crippen LogP contribution in [0.2, 0.25) is 0 Å². The van der Waals surface area contributed by atoms with Crippen LogP contribution < -0.4 is 10.0 Å². The normalized spacial score (nSPS) is 11.4. The van der Waals surface area contributed by atoms with E-state index in [2.05, 4.69) is 10.0 Å². The van der Waals surface area contributed by atoms with Gasteiger partial charge in [0, 0.05) is 24.1 Å². The lowest BCUT2D eigenvalue weighted by Crippen LogP contribution is -2.27. The molecule has 1 amide bonds. The molecule has 0 spiro atoms. The Morgan fingerprint density at radius 2 is 1.92 bits per heavy atom. The molecule has 0 saturated heterocycles. The second kappa shape index (κ2) is 8.39. The second-order valence-corrected chi connectivity index (χ2v) is 7.89. The third-order valence-corrected chi connectivity index (χ3v) is 5.90. The van der Waals surface area contributed by atoms with Gasteiger partial charge in [0.15, 0.2) is 0 Å². The fraction of sp³-hybridized carbons (Fsp3) is 0.312. The van der Waals surface area contributed by atoms with Crippen LogP contribution >= 0.6 is 11.3 Å². The summed E-state index contributed by atoms with van der Waals surface area (Å²) in [6.45, 7) is 2.94. The lowest BCUT2D eigenvalue weighted by atomic mass is 10.2. The monoisotopic (exact) mass is 368 g/mol. The number of nitrogens with one attached hydrogen (secondary N) is 2. The molecule has 0 aliphatic rings. The van der Waals surface area contributed by atoms with Crippen LogP contribution in [0.3, 0.4) is 0 Å². The van der Waals surface area contributed by atoms with E-state index in [-0.39, 0.29) is 17.3 Å². The van der Waals surface area contributed by atoms with Crippen molar-refractivity contribution in [1.29, 1.82) is 0 Å². The van der Waals surface area contributed by atoms with Crippen molar-refractivity contribution < 1.29 is 17.9 Å². The maximum absolute atomic E-state index is 12.1. The third-order valence-electron chi connectivity index (χ3n) is 3.40. The lowest BCUT2D eigenvalue weighted by Gasteiger charge is -2.08. The smallest absolute Gasteiger partial charge is 0.251 e. The second-order valence-electron chi connectivity index (χ2n) is 5.12. The Bertz CT molecular complexity index is 783. The van der Waals surface area contributed by atoms with Gasteiger partial charge in [-0.05, 0) is 48.2 Å². The highest BCUT2D eigenvalue weighted by Gasteiger charge is 2.14. The molecule has 8 heteroatoms. The van der Waals surface area contributed by atoms with Crippen molar-refractivity contribution in [2.75, 3.05) is 20.3 Å². The zero-order valence-electron chi connectivity index (χ0n) is 13.5. The largest absolute Gasteiger partial charge is 0.383 e. The van der Waals surface area contributed by atoms with Gasteiger partial charge in [0.2, 0.25) is 10.0 Å². The Hall–Kier alpha value is -1.74. The molecule has 0 bridgehead atoms. The summed E-state index contributed by atoms with van der Waals surface area (Å²) in [6, 6.07) is 7.84. The van der Waals surface area contributed by atoms with E-state index in [1.165, 1.54) is 31.4 Å². The van der Waals surface area contributed by atoms with Crippen molar-refractivity contribution in [3.05, 3.63) is 51.7 Å². The van der Waals surface area contributed by atoms with Crippen molar-refractivity contribution in [2.24, 2.45) is 0 Å². The van der Waals surface area contributed by atoms with E-state index >= 15 is 0 Å². The summed E-state index contributed by atoms with van der Waals surface area (Å²) in [7, 11) is -2.09. The summed E-state index contributed by atoms with van der Waals surface area (Å²) >= 11 is 1.59. The van der Waals surface area contributed by atoms with Crippen LogP contribution in [0, 0.1) is 6.92 Å². The molecule has 1 aromatic carbocycles. The first-order chi connectivity index (χ1) is 11.4. The van der Waals surface area contributed by atoms with Crippen LogP contribution in [0.5, 0.6) is 0 Å². The predicted octanol–water partition coefficient (Wildman–Crippen LogP) is 1.91. The highest BCUT2D eigenvalue weighted by atomic mass is 32.2. The molecular weight excluding hydrogens is 348 g/mol. The SMILES string of the molecule is COCCNS(=O)(=O)c1ccc(C(=O)NCc2sccc2C)cc1. The molecular formula is C16H20N2O4S2. The van der Waals surface area contributed by atoms with Crippen LogP contribution in [0.15, 0.2) is 40.6 Å². The average Bonchev–Trinajstić information content (AvgIpc) is 2.98. The molecule has 6 nitrogen and oxygen atoms in total. The van der Waals surface area contributed by atoms with Crippen LogP contribution in [0.1, 0.15) is 20.8 Å². The highest BCUT2D eigenvalue weighted by Crippen LogP contribution is 2.15. The van der Waals surface area contributed by atoms with Gasteiger partial charge in [0.1, 0.15) is 0 Å². The minimum atomic E-state index is -3.59. The molecule has 130 valence electrons. The number of carbonyl (C=O) groups is 1. The van der Waals surface area contributed by atoms with Gasteiger partial charge in [0.05, 0.1) is 18.0 Å². The maximum Gasteiger partial charge on any atom is 0.251 e. The van der Waals surface area contributed by atoms with Crippen molar-refractivity contribution in [2.45, 2.75) is 18.4 Å². The van der Waals surface area contributed by atoms with Gasteiger partial charge in [-0.25, -0.2) is 13.1 Å². The average molecular weight is 368 g/mol. The molecule has 2 N–H and O–H groups in total. The quantitative estimate of drug-likeness (QED) is 0.697. The number of aryl methyl sites for hydroxylation is 1. The predicted molar refractivity (Wildman–Crippen MR) is 93.7 cm³/mol. The van der Waals surface area contributed by atoms with Gasteiger partial charge in [-0.15, -0.1) is 11.3 Å².